The molecule has 1 N–H and O–H groups in total. The van der Waals surface area contributed by atoms with E-state index in [1.807, 2.05) is 24.3 Å². The normalized spacial score (nSPS) is 12.9. The number of halogens is 1. The zero-order valence-electron chi connectivity index (χ0n) is 13.6. The third-order valence-electron chi connectivity index (χ3n) is 3.67. The first-order valence-electron chi connectivity index (χ1n) is 7.76. The van der Waals surface area contributed by atoms with E-state index < -0.39 is 0 Å². The molecule has 3 rings (SSSR count). The van der Waals surface area contributed by atoms with Crippen LogP contribution in [0.5, 0.6) is 11.5 Å². The average molecular weight is 390 g/mol. The maximum absolute atomic E-state index is 9.58. The Hall–Kier alpha value is -2.03. The number of benzene rings is 2. The van der Waals surface area contributed by atoms with Gasteiger partial charge in [0.25, 0.3) is 0 Å². The molecule has 1 fully saturated rings. The Morgan fingerprint density at radius 1 is 1.21 bits per heavy atom. The van der Waals surface area contributed by atoms with Gasteiger partial charge in [0.2, 0.25) is 0 Å². The fourth-order valence-corrected chi connectivity index (χ4v) is 2.72. The predicted octanol–water partition coefficient (Wildman–Crippen LogP) is 4.42. The standard InChI is InChI=1S/C15H12BrNO2.C4H8O/c1-19-13-4-2-10(3-5-13)6-11-7-14(16)15(18)8-12(11)9-17;1-2-4-5-3-1/h2-5,7-8,18H,6H2,1H3;1-4H2. The van der Waals surface area contributed by atoms with E-state index in [1.165, 1.54) is 18.9 Å². The van der Waals surface area contributed by atoms with Gasteiger partial charge in [-0.25, -0.2) is 0 Å². The van der Waals surface area contributed by atoms with Gasteiger partial charge in [0.1, 0.15) is 11.5 Å². The minimum Gasteiger partial charge on any atom is -0.507 e. The highest BCUT2D eigenvalue weighted by Gasteiger charge is 2.08. The molecule has 0 aromatic heterocycles. The Balaban J connectivity index is 0.000000355. The summed E-state index contributed by atoms with van der Waals surface area (Å²) < 4.78 is 10.6. The third-order valence-corrected chi connectivity index (χ3v) is 4.31. The number of hydrogen-bond donors (Lipinski definition) is 1. The van der Waals surface area contributed by atoms with Crippen molar-refractivity contribution in [2.45, 2.75) is 19.3 Å². The molecule has 0 bridgehead atoms. The largest absolute Gasteiger partial charge is 0.507 e. The number of nitrogens with zero attached hydrogens (tertiary/aromatic N) is 1. The Labute approximate surface area is 150 Å². The van der Waals surface area contributed by atoms with Gasteiger partial charge in [-0.2, -0.15) is 5.26 Å². The maximum atomic E-state index is 9.58. The Morgan fingerprint density at radius 2 is 1.88 bits per heavy atom. The van der Waals surface area contributed by atoms with Crippen LogP contribution in [-0.2, 0) is 11.2 Å². The van der Waals surface area contributed by atoms with Crippen LogP contribution in [0.4, 0.5) is 0 Å². The van der Waals surface area contributed by atoms with Crippen molar-refractivity contribution in [3.05, 3.63) is 57.6 Å². The summed E-state index contributed by atoms with van der Waals surface area (Å²) in [5, 5.41) is 18.7. The second kappa shape index (κ2) is 9.31. The molecule has 5 heteroatoms. The van der Waals surface area contributed by atoms with Crippen molar-refractivity contribution < 1.29 is 14.6 Å². The van der Waals surface area contributed by atoms with Gasteiger partial charge in [-0.05, 0) is 70.6 Å². The molecule has 2 aromatic carbocycles. The lowest BCUT2D eigenvalue weighted by atomic mass is 10.00. The number of rotatable bonds is 3. The van der Waals surface area contributed by atoms with E-state index in [1.54, 1.807) is 13.2 Å². The molecule has 0 atom stereocenters. The third kappa shape index (κ3) is 5.26. The molecule has 1 aliphatic heterocycles. The molecule has 1 heterocycles. The van der Waals surface area contributed by atoms with E-state index in [4.69, 9.17) is 14.7 Å². The van der Waals surface area contributed by atoms with Gasteiger partial charge in [-0.1, -0.05) is 12.1 Å². The summed E-state index contributed by atoms with van der Waals surface area (Å²) in [6, 6.07) is 13.0. The zero-order valence-corrected chi connectivity index (χ0v) is 15.2. The SMILES string of the molecule is C1CCOC1.COc1ccc(Cc2cc(Br)c(O)cc2C#N)cc1. The number of hydrogen-bond acceptors (Lipinski definition) is 4. The highest BCUT2D eigenvalue weighted by Crippen LogP contribution is 2.28. The summed E-state index contributed by atoms with van der Waals surface area (Å²) in [7, 11) is 1.62. The molecule has 0 radical (unpaired) electrons. The molecule has 0 saturated carbocycles. The van der Waals surface area contributed by atoms with E-state index in [-0.39, 0.29) is 5.75 Å². The molecule has 1 saturated heterocycles. The van der Waals surface area contributed by atoms with Crippen LogP contribution in [0.1, 0.15) is 29.5 Å². The lowest BCUT2D eigenvalue weighted by molar-refractivity contribution is 0.198. The van der Waals surface area contributed by atoms with Crippen molar-refractivity contribution in [1.29, 1.82) is 5.26 Å². The monoisotopic (exact) mass is 389 g/mol. The molecular formula is C19H20BrNO3. The Bertz CT molecular complexity index is 696. The number of phenolic OH excluding ortho intramolecular Hbond substituents is 1. The van der Waals surface area contributed by atoms with E-state index in [9.17, 15) is 5.11 Å². The minimum atomic E-state index is 0.0787. The van der Waals surface area contributed by atoms with Crippen molar-refractivity contribution in [3.8, 4) is 17.6 Å². The highest BCUT2D eigenvalue weighted by atomic mass is 79.9. The molecule has 4 nitrogen and oxygen atoms in total. The summed E-state index contributed by atoms with van der Waals surface area (Å²) in [4.78, 5) is 0. The molecular weight excluding hydrogens is 370 g/mol. The summed E-state index contributed by atoms with van der Waals surface area (Å²) >= 11 is 3.27. The van der Waals surface area contributed by atoms with Crippen LogP contribution in [0, 0.1) is 11.3 Å². The number of aromatic hydroxyl groups is 1. The molecule has 1 aliphatic rings. The van der Waals surface area contributed by atoms with Gasteiger partial charge >= 0.3 is 0 Å². The van der Waals surface area contributed by atoms with Crippen LogP contribution in [0.25, 0.3) is 0 Å². The molecule has 126 valence electrons. The van der Waals surface area contributed by atoms with Crippen LogP contribution >= 0.6 is 15.9 Å². The smallest absolute Gasteiger partial charge is 0.131 e. The van der Waals surface area contributed by atoms with Crippen molar-refractivity contribution >= 4 is 15.9 Å². The molecule has 0 amide bonds. The van der Waals surface area contributed by atoms with Gasteiger partial charge < -0.3 is 14.6 Å². The Morgan fingerprint density at radius 3 is 2.38 bits per heavy atom. The second-order valence-corrected chi connectivity index (χ2v) is 6.27. The van der Waals surface area contributed by atoms with Crippen LogP contribution < -0.4 is 4.74 Å². The zero-order chi connectivity index (χ0) is 17.4. The van der Waals surface area contributed by atoms with Crippen molar-refractivity contribution in [3.63, 3.8) is 0 Å². The highest BCUT2D eigenvalue weighted by molar-refractivity contribution is 9.10. The fourth-order valence-electron chi connectivity index (χ4n) is 2.33. The molecule has 2 aromatic rings. The predicted molar refractivity (Wildman–Crippen MR) is 96.4 cm³/mol. The molecule has 0 unspecified atom stereocenters. The lowest BCUT2D eigenvalue weighted by Gasteiger charge is -2.07. The molecule has 24 heavy (non-hydrogen) atoms. The van der Waals surface area contributed by atoms with Gasteiger partial charge in [0, 0.05) is 13.2 Å². The Kier molecular flexibility index (Phi) is 7.10. The molecule has 0 aliphatic carbocycles. The number of methoxy groups -OCH3 is 1. The van der Waals surface area contributed by atoms with E-state index in [0.717, 1.165) is 30.1 Å². The van der Waals surface area contributed by atoms with E-state index in [2.05, 4.69) is 22.0 Å². The summed E-state index contributed by atoms with van der Waals surface area (Å²) in [5.74, 6) is 0.881. The van der Waals surface area contributed by atoms with E-state index >= 15 is 0 Å². The van der Waals surface area contributed by atoms with Crippen LogP contribution in [0.3, 0.4) is 0 Å². The van der Waals surface area contributed by atoms with Gasteiger partial charge in [-0.3, -0.25) is 0 Å². The van der Waals surface area contributed by atoms with Crippen molar-refractivity contribution in [1.82, 2.24) is 0 Å². The minimum absolute atomic E-state index is 0.0787. The maximum Gasteiger partial charge on any atom is 0.131 e. The van der Waals surface area contributed by atoms with Crippen molar-refractivity contribution in [2.24, 2.45) is 0 Å². The van der Waals surface area contributed by atoms with Gasteiger partial charge in [-0.15, -0.1) is 0 Å². The number of ether oxygens (including phenoxy) is 2. The van der Waals surface area contributed by atoms with Crippen LogP contribution in [0.15, 0.2) is 40.9 Å². The topological polar surface area (TPSA) is 62.5 Å². The summed E-state index contributed by atoms with van der Waals surface area (Å²) in [5.41, 5.74) is 2.43. The van der Waals surface area contributed by atoms with Crippen LogP contribution in [0.2, 0.25) is 0 Å². The lowest BCUT2D eigenvalue weighted by Crippen LogP contribution is -1.93. The summed E-state index contributed by atoms with van der Waals surface area (Å²) in [6.07, 6.45) is 3.19. The quantitative estimate of drug-likeness (QED) is 0.843. The van der Waals surface area contributed by atoms with Gasteiger partial charge in [0.05, 0.1) is 23.2 Å². The average Bonchev–Trinajstić information content (AvgIpc) is 3.18. The van der Waals surface area contributed by atoms with Crippen molar-refractivity contribution in [2.75, 3.05) is 20.3 Å². The fraction of sp³-hybridized carbons (Fsp3) is 0.316. The first-order valence-corrected chi connectivity index (χ1v) is 8.55. The van der Waals surface area contributed by atoms with Crippen LogP contribution in [-0.4, -0.2) is 25.4 Å². The number of phenols is 1. The van der Waals surface area contributed by atoms with Gasteiger partial charge in [0.15, 0.2) is 0 Å². The second-order valence-electron chi connectivity index (χ2n) is 5.42. The first-order chi connectivity index (χ1) is 11.6. The number of nitriles is 1. The summed E-state index contributed by atoms with van der Waals surface area (Å²) in [6.45, 7) is 2.00. The first kappa shape index (κ1) is 18.3. The molecule has 0 spiro atoms. The van der Waals surface area contributed by atoms with E-state index in [0.29, 0.717) is 16.5 Å².